The van der Waals surface area contributed by atoms with Gasteiger partial charge in [-0.25, -0.2) is 8.42 Å². The minimum Gasteiger partial charge on any atom is -0.497 e. The smallest absolute Gasteiger partial charge is 0.283 e. The van der Waals surface area contributed by atoms with Crippen molar-refractivity contribution in [2.24, 2.45) is 4.40 Å². The zero-order valence-electron chi connectivity index (χ0n) is 19.7. The number of nitrogens with zero attached hydrogens (tertiary/aromatic N) is 3. The van der Waals surface area contributed by atoms with Crippen LogP contribution in [-0.2, 0) is 20.0 Å². The molecule has 1 heterocycles. The predicted octanol–water partition coefficient (Wildman–Crippen LogP) is 3.82. The lowest BCUT2D eigenvalue weighted by Crippen LogP contribution is -2.37. The molecule has 0 spiro atoms. The maximum Gasteiger partial charge on any atom is 0.283 e. The zero-order chi connectivity index (χ0) is 25.2. The molecule has 0 amide bonds. The van der Waals surface area contributed by atoms with Crippen LogP contribution in [0.15, 0.2) is 93.1 Å². The van der Waals surface area contributed by atoms with Gasteiger partial charge in [0.15, 0.2) is 0 Å². The molecular formula is C25H27N3O5S2. The van der Waals surface area contributed by atoms with Gasteiger partial charge >= 0.3 is 0 Å². The normalized spacial score (nSPS) is 17.5. The first-order chi connectivity index (χ1) is 16.6. The molecule has 1 atom stereocenters. The van der Waals surface area contributed by atoms with Crippen molar-refractivity contribution in [2.75, 3.05) is 20.2 Å². The molecule has 0 saturated carbocycles. The van der Waals surface area contributed by atoms with Gasteiger partial charge in [-0.2, -0.15) is 12.7 Å². The second-order valence-electron chi connectivity index (χ2n) is 8.20. The highest BCUT2D eigenvalue weighted by atomic mass is 32.2. The molecule has 0 bridgehead atoms. The molecule has 184 valence electrons. The van der Waals surface area contributed by atoms with Crippen LogP contribution in [0.1, 0.15) is 24.2 Å². The Morgan fingerprint density at radius 1 is 0.857 bits per heavy atom. The van der Waals surface area contributed by atoms with Gasteiger partial charge in [0, 0.05) is 13.1 Å². The highest BCUT2D eigenvalue weighted by molar-refractivity contribution is 7.90. The van der Waals surface area contributed by atoms with Crippen LogP contribution >= 0.6 is 0 Å². The summed E-state index contributed by atoms with van der Waals surface area (Å²) in [6.07, 6.45) is -0.775. The molecule has 10 heteroatoms. The molecule has 3 aromatic carbocycles. The number of sulfonamides is 2. The molecule has 3 aromatic rings. The second-order valence-corrected chi connectivity index (χ2v) is 11.7. The van der Waals surface area contributed by atoms with E-state index < -0.39 is 26.2 Å². The molecule has 1 aliphatic rings. The summed E-state index contributed by atoms with van der Waals surface area (Å²) in [4.78, 5) is 1.95. The third-order valence-corrected chi connectivity index (χ3v) is 9.12. The summed E-state index contributed by atoms with van der Waals surface area (Å²) in [5.41, 5.74) is 1.61. The van der Waals surface area contributed by atoms with E-state index >= 15 is 0 Å². The molecule has 0 aliphatic carbocycles. The first kappa shape index (κ1) is 24.9. The Morgan fingerprint density at radius 2 is 1.49 bits per heavy atom. The number of methoxy groups -OCH3 is 1. The molecule has 35 heavy (non-hydrogen) atoms. The molecule has 0 aromatic heterocycles. The Bertz CT molecular complexity index is 1420. The summed E-state index contributed by atoms with van der Waals surface area (Å²) in [6, 6.07) is 21.7. The van der Waals surface area contributed by atoms with E-state index in [1.54, 1.807) is 85.7 Å². The van der Waals surface area contributed by atoms with Gasteiger partial charge in [-0.05, 0) is 55.8 Å². The number of rotatable bonds is 6. The Labute approximate surface area is 206 Å². The summed E-state index contributed by atoms with van der Waals surface area (Å²) < 4.78 is 63.8. The maximum absolute atomic E-state index is 13.6. The first-order valence-electron chi connectivity index (χ1n) is 11.0. The molecule has 0 radical (unpaired) electrons. The van der Waals surface area contributed by atoms with E-state index in [1.165, 1.54) is 16.4 Å². The van der Waals surface area contributed by atoms with E-state index in [9.17, 15) is 16.8 Å². The second kappa shape index (κ2) is 9.80. The van der Waals surface area contributed by atoms with E-state index in [-0.39, 0.29) is 28.7 Å². The number of hydrogen-bond donors (Lipinski definition) is 0. The van der Waals surface area contributed by atoms with Crippen LogP contribution in [0.5, 0.6) is 5.75 Å². The van der Waals surface area contributed by atoms with Crippen molar-refractivity contribution in [2.45, 2.75) is 29.8 Å². The summed E-state index contributed by atoms with van der Waals surface area (Å²) >= 11 is 0. The standard InChI is InChI=1S/C25H27N3O5S2/c1-19-9-15-23(16-10-19)34(29,30)26-20(2)27-17-18-28(35(31,32)24-7-5-4-6-8-24)25(27)21-11-13-22(33-3)14-12-21/h4-16,25H,17-18H2,1-3H3/t25-/m1/s1. The van der Waals surface area contributed by atoms with Crippen LogP contribution < -0.4 is 4.74 Å². The van der Waals surface area contributed by atoms with Gasteiger partial charge in [0.05, 0.1) is 16.9 Å². The number of aryl methyl sites for hydroxylation is 1. The summed E-state index contributed by atoms with van der Waals surface area (Å²) in [5, 5.41) is 0. The maximum atomic E-state index is 13.6. The lowest BCUT2D eigenvalue weighted by molar-refractivity contribution is 0.284. The number of benzene rings is 3. The Kier molecular flexibility index (Phi) is 6.98. The summed E-state index contributed by atoms with van der Waals surface area (Å²) in [7, 11) is -6.29. The topological polar surface area (TPSA) is 96.3 Å². The Morgan fingerprint density at radius 3 is 2.09 bits per heavy atom. The highest BCUT2D eigenvalue weighted by Gasteiger charge is 2.42. The van der Waals surface area contributed by atoms with Gasteiger partial charge in [-0.1, -0.05) is 48.0 Å². The molecule has 1 fully saturated rings. The van der Waals surface area contributed by atoms with Gasteiger partial charge < -0.3 is 9.64 Å². The molecular weight excluding hydrogens is 486 g/mol. The van der Waals surface area contributed by atoms with Crippen molar-refractivity contribution >= 4 is 25.9 Å². The van der Waals surface area contributed by atoms with Crippen LogP contribution in [0.4, 0.5) is 0 Å². The van der Waals surface area contributed by atoms with E-state index in [2.05, 4.69) is 4.40 Å². The third-order valence-electron chi connectivity index (χ3n) is 5.88. The van der Waals surface area contributed by atoms with Crippen molar-refractivity contribution in [1.82, 2.24) is 9.21 Å². The highest BCUT2D eigenvalue weighted by Crippen LogP contribution is 2.36. The molecule has 8 nitrogen and oxygen atoms in total. The SMILES string of the molecule is COc1ccc([C@@H]2N(C(C)=NS(=O)(=O)c3ccc(C)cc3)CCN2S(=O)(=O)c2ccccc2)cc1. The third kappa shape index (κ3) is 5.09. The minimum atomic E-state index is -3.98. The summed E-state index contributed by atoms with van der Waals surface area (Å²) in [5.74, 6) is 0.834. The zero-order valence-corrected chi connectivity index (χ0v) is 21.3. The van der Waals surface area contributed by atoms with Crippen molar-refractivity contribution in [3.8, 4) is 5.75 Å². The van der Waals surface area contributed by atoms with Crippen molar-refractivity contribution in [1.29, 1.82) is 0 Å². The lowest BCUT2D eigenvalue weighted by atomic mass is 10.1. The van der Waals surface area contributed by atoms with E-state index in [1.807, 2.05) is 6.92 Å². The van der Waals surface area contributed by atoms with E-state index in [4.69, 9.17) is 4.74 Å². The van der Waals surface area contributed by atoms with Gasteiger partial charge in [0.25, 0.3) is 10.0 Å². The average molecular weight is 514 g/mol. The quantitative estimate of drug-likeness (QED) is 0.367. The summed E-state index contributed by atoms with van der Waals surface area (Å²) in [6.45, 7) is 3.91. The molecule has 1 saturated heterocycles. The van der Waals surface area contributed by atoms with E-state index in [0.717, 1.165) is 5.56 Å². The molecule has 4 rings (SSSR count). The van der Waals surface area contributed by atoms with Crippen LogP contribution in [0.3, 0.4) is 0 Å². The average Bonchev–Trinajstić information content (AvgIpc) is 3.31. The number of amidine groups is 1. The fourth-order valence-corrected chi connectivity index (χ4v) is 6.67. The van der Waals surface area contributed by atoms with Gasteiger partial charge in [0.2, 0.25) is 10.0 Å². The number of hydrogen-bond acceptors (Lipinski definition) is 5. The Balaban J connectivity index is 1.76. The first-order valence-corrected chi connectivity index (χ1v) is 13.9. The van der Waals surface area contributed by atoms with Gasteiger partial charge in [-0.15, -0.1) is 4.40 Å². The fraction of sp³-hybridized carbons (Fsp3) is 0.240. The van der Waals surface area contributed by atoms with Crippen LogP contribution in [-0.4, -0.2) is 52.1 Å². The van der Waals surface area contributed by atoms with Crippen molar-refractivity contribution < 1.29 is 21.6 Å². The molecule has 0 unspecified atom stereocenters. The lowest BCUT2D eigenvalue weighted by Gasteiger charge is -2.31. The fourth-order valence-electron chi connectivity index (χ4n) is 4.04. The van der Waals surface area contributed by atoms with Gasteiger partial charge in [0.1, 0.15) is 17.8 Å². The molecule has 0 N–H and O–H groups in total. The van der Waals surface area contributed by atoms with Crippen LogP contribution in [0, 0.1) is 6.92 Å². The van der Waals surface area contributed by atoms with Crippen LogP contribution in [0.25, 0.3) is 0 Å². The van der Waals surface area contributed by atoms with Gasteiger partial charge in [-0.3, -0.25) is 0 Å². The number of ether oxygens (including phenoxy) is 1. The van der Waals surface area contributed by atoms with Crippen LogP contribution in [0.2, 0.25) is 0 Å². The predicted molar refractivity (Wildman–Crippen MR) is 134 cm³/mol. The minimum absolute atomic E-state index is 0.0800. The van der Waals surface area contributed by atoms with Crippen molar-refractivity contribution in [3.05, 3.63) is 90.0 Å². The largest absolute Gasteiger partial charge is 0.497 e. The van der Waals surface area contributed by atoms with Crippen molar-refractivity contribution in [3.63, 3.8) is 0 Å². The Hall–Kier alpha value is -3.21. The van der Waals surface area contributed by atoms with E-state index in [0.29, 0.717) is 11.3 Å². The molecule has 1 aliphatic heterocycles. The monoisotopic (exact) mass is 513 g/mol.